The molecule has 0 unspecified atom stereocenters. The summed E-state index contributed by atoms with van der Waals surface area (Å²) in [7, 11) is 0. The number of nitrogens with two attached hydrogens (primary N) is 1. The average molecular weight is 223 g/mol. The van der Waals surface area contributed by atoms with Gasteiger partial charge in [0.1, 0.15) is 0 Å². The minimum Gasteiger partial charge on any atom is -0.399 e. The van der Waals surface area contributed by atoms with Crippen LogP contribution in [0.15, 0.2) is 34.9 Å². The van der Waals surface area contributed by atoms with Crippen molar-refractivity contribution in [3.05, 3.63) is 34.9 Å². The van der Waals surface area contributed by atoms with Crippen LogP contribution < -0.4 is 5.73 Å². The first-order valence-electron chi connectivity index (χ1n) is 3.56. The first kappa shape index (κ1) is 7.55. The number of pyridine rings is 1. The Bertz CT molecular complexity index is 389. The fourth-order valence-electron chi connectivity index (χ4n) is 1.12. The van der Waals surface area contributed by atoms with Crippen molar-refractivity contribution < 1.29 is 0 Å². The maximum absolute atomic E-state index is 5.63. The summed E-state index contributed by atoms with van der Waals surface area (Å²) in [6.07, 6.45) is 1.78. The molecule has 1 aromatic carbocycles. The number of aromatic nitrogens is 1. The number of fused-ring (bicyclic) bond motifs is 1. The van der Waals surface area contributed by atoms with E-state index in [9.17, 15) is 0 Å². The van der Waals surface area contributed by atoms with Crippen molar-refractivity contribution in [3.63, 3.8) is 0 Å². The van der Waals surface area contributed by atoms with Crippen LogP contribution in [0.4, 0.5) is 5.69 Å². The molecule has 0 amide bonds. The normalized spacial score (nSPS) is 10.4. The van der Waals surface area contributed by atoms with Crippen molar-refractivity contribution in [2.45, 2.75) is 0 Å². The smallest absolute Gasteiger partial charge is 0.0704 e. The number of hydrogen-bond donors (Lipinski definition) is 1. The fourth-order valence-corrected chi connectivity index (χ4v) is 1.47. The van der Waals surface area contributed by atoms with Gasteiger partial charge in [-0.25, -0.2) is 0 Å². The number of rotatable bonds is 0. The van der Waals surface area contributed by atoms with Gasteiger partial charge in [-0.15, -0.1) is 0 Å². The van der Waals surface area contributed by atoms with Gasteiger partial charge in [0.05, 0.1) is 5.52 Å². The Morgan fingerprint density at radius 3 is 2.92 bits per heavy atom. The van der Waals surface area contributed by atoms with Crippen LogP contribution in [0.2, 0.25) is 0 Å². The van der Waals surface area contributed by atoms with Crippen LogP contribution in [-0.2, 0) is 0 Å². The Hall–Kier alpha value is -1.09. The predicted octanol–water partition coefficient (Wildman–Crippen LogP) is 2.58. The number of halogens is 1. The van der Waals surface area contributed by atoms with Gasteiger partial charge in [-0.3, -0.25) is 4.98 Å². The van der Waals surface area contributed by atoms with Crippen molar-refractivity contribution in [3.8, 4) is 0 Å². The number of anilines is 1. The van der Waals surface area contributed by atoms with E-state index >= 15 is 0 Å². The fraction of sp³-hybridized carbons (Fsp3) is 0. The molecular formula is C9H7BrN2. The first-order chi connectivity index (χ1) is 5.75. The van der Waals surface area contributed by atoms with E-state index in [1.165, 1.54) is 0 Å². The van der Waals surface area contributed by atoms with Gasteiger partial charge < -0.3 is 5.73 Å². The van der Waals surface area contributed by atoms with Gasteiger partial charge in [-0.05, 0) is 40.2 Å². The van der Waals surface area contributed by atoms with Crippen LogP contribution in [0.5, 0.6) is 0 Å². The summed E-state index contributed by atoms with van der Waals surface area (Å²) in [6.45, 7) is 0. The molecule has 0 aliphatic heterocycles. The molecule has 0 bridgehead atoms. The Morgan fingerprint density at radius 1 is 1.25 bits per heavy atom. The summed E-state index contributed by atoms with van der Waals surface area (Å²) in [5, 5.41) is 1.06. The Labute approximate surface area is 78.5 Å². The molecular weight excluding hydrogens is 216 g/mol. The molecule has 0 saturated carbocycles. The molecule has 1 heterocycles. The molecule has 2 N–H and O–H groups in total. The van der Waals surface area contributed by atoms with Crippen molar-refractivity contribution in [1.29, 1.82) is 0 Å². The predicted molar refractivity (Wildman–Crippen MR) is 53.9 cm³/mol. The zero-order valence-electron chi connectivity index (χ0n) is 6.29. The minimum atomic E-state index is 0.766. The summed E-state index contributed by atoms with van der Waals surface area (Å²) in [4.78, 5) is 4.22. The Balaban J connectivity index is 2.80. The highest BCUT2D eigenvalue weighted by atomic mass is 79.9. The highest BCUT2D eigenvalue weighted by Crippen LogP contribution is 2.19. The molecule has 1 aromatic heterocycles. The number of hydrogen-bond acceptors (Lipinski definition) is 2. The van der Waals surface area contributed by atoms with Crippen LogP contribution in [0.3, 0.4) is 0 Å². The third-order valence-corrected chi connectivity index (χ3v) is 2.11. The second-order valence-electron chi connectivity index (χ2n) is 2.61. The molecule has 0 aliphatic rings. The molecule has 2 nitrogen and oxygen atoms in total. The summed E-state index contributed by atoms with van der Waals surface area (Å²) < 4.78 is 0.973. The second-order valence-corrected chi connectivity index (χ2v) is 3.52. The molecule has 3 heteroatoms. The number of nitrogens with zero attached hydrogens (tertiary/aromatic N) is 1. The van der Waals surface area contributed by atoms with Gasteiger partial charge in [0.25, 0.3) is 0 Å². The monoisotopic (exact) mass is 222 g/mol. The van der Waals surface area contributed by atoms with Crippen LogP contribution in [-0.4, -0.2) is 4.98 Å². The quantitative estimate of drug-likeness (QED) is 0.697. The van der Waals surface area contributed by atoms with Gasteiger partial charge >= 0.3 is 0 Å². The molecule has 12 heavy (non-hydrogen) atoms. The maximum atomic E-state index is 5.63. The maximum Gasteiger partial charge on any atom is 0.0704 e. The summed E-state index contributed by atoms with van der Waals surface area (Å²) in [6, 6.07) is 7.67. The van der Waals surface area contributed by atoms with Crippen molar-refractivity contribution in [1.82, 2.24) is 4.98 Å². The van der Waals surface area contributed by atoms with E-state index in [4.69, 9.17) is 5.73 Å². The van der Waals surface area contributed by atoms with Crippen molar-refractivity contribution >= 4 is 32.5 Å². The van der Waals surface area contributed by atoms with Gasteiger partial charge in [-0.1, -0.05) is 0 Å². The summed E-state index contributed by atoms with van der Waals surface area (Å²) in [5.74, 6) is 0. The number of benzene rings is 1. The van der Waals surface area contributed by atoms with Crippen LogP contribution in [0.25, 0.3) is 10.9 Å². The zero-order chi connectivity index (χ0) is 8.55. The SMILES string of the molecule is Nc1ccc2ncc(Br)cc2c1. The molecule has 2 rings (SSSR count). The van der Waals surface area contributed by atoms with Gasteiger partial charge in [0, 0.05) is 21.7 Å². The molecule has 0 atom stereocenters. The molecule has 2 aromatic rings. The molecule has 0 spiro atoms. The zero-order valence-corrected chi connectivity index (χ0v) is 7.88. The molecule has 60 valence electrons. The van der Waals surface area contributed by atoms with E-state index in [1.54, 1.807) is 6.20 Å². The van der Waals surface area contributed by atoms with Crippen molar-refractivity contribution in [2.24, 2.45) is 0 Å². The Morgan fingerprint density at radius 2 is 2.08 bits per heavy atom. The average Bonchev–Trinajstić information content (AvgIpc) is 2.03. The number of nitrogen functional groups attached to an aromatic ring is 1. The lowest BCUT2D eigenvalue weighted by Gasteiger charge is -1.98. The summed E-state index contributed by atoms with van der Waals surface area (Å²) in [5.41, 5.74) is 7.36. The van der Waals surface area contributed by atoms with Crippen molar-refractivity contribution in [2.75, 3.05) is 5.73 Å². The van der Waals surface area contributed by atoms with E-state index in [-0.39, 0.29) is 0 Å². The molecule has 0 radical (unpaired) electrons. The van der Waals surface area contributed by atoms with Gasteiger partial charge in [-0.2, -0.15) is 0 Å². The van der Waals surface area contributed by atoms with E-state index in [0.29, 0.717) is 0 Å². The minimum absolute atomic E-state index is 0.766. The first-order valence-corrected chi connectivity index (χ1v) is 4.36. The second kappa shape index (κ2) is 2.75. The summed E-state index contributed by atoms with van der Waals surface area (Å²) >= 11 is 3.35. The van der Waals surface area contributed by atoms with Crippen LogP contribution >= 0.6 is 15.9 Å². The lowest BCUT2D eigenvalue weighted by molar-refractivity contribution is 1.39. The standard InChI is InChI=1S/C9H7BrN2/c10-7-3-6-4-8(11)1-2-9(6)12-5-7/h1-5H,11H2. The molecule has 0 fully saturated rings. The van der Waals surface area contributed by atoms with Gasteiger partial charge in [0.2, 0.25) is 0 Å². The van der Waals surface area contributed by atoms with E-state index < -0.39 is 0 Å². The van der Waals surface area contributed by atoms with E-state index in [0.717, 1.165) is 21.1 Å². The third kappa shape index (κ3) is 1.28. The van der Waals surface area contributed by atoms with Crippen LogP contribution in [0.1, 0.15) is 0 Å². The van der Waals surface area contributed by atoms with Gasteiger partial charge in [0.15, 0.2) is 0 Å². The largest absolute Gasteiger partial charge is 0.399 e. The highest BCUT2D eigenvalue weighted by Gasteiger charge is 1.95. The molecule has 0 aliphatic carbocycles. The lowest BCUT2D eigenvalue weighted by Crippen LogP contribution is -1.85. The lowest BCUT2D eigenvalue weighted by atomic mass is 10.2. The van der Waals surface area contributed by atoms with Crippen LogP contribution in [0, 0.1) is 0 Å². The third-order valence-electron chi connectivity index (χ3n) is 1.67. The van der Waals surface area contributed by atoms with E-state index in [2.05, 4.69) is 20.9 Å². The highest BCUT2D eigenvalue weighted by molar-refractivity contribution is 9.10. The topological polar surface area (TPSA) is 38.9 Å². The van der Waals surface area contributed by atoms with E-state index in [1.807, 2.05) is 24.3 Å². The molecule has 0 saturated heterocycles. The Kier molecular flexibility index (Phi) is 1.73.